The number of thiophene rings is 1. The number of nitrogens with zero attached hydrogens (tertiary/aromatic N) is 6. The quantitative estimate of drug-likeness (QED) is 0.161. The van der Waals surface area contributed by atoms with Gasteiger partial charge in [0.2, 0.25) is 0 Å². The van der Waals surface area contributed by atoms with Crippen LogP contribution < -0.4 is 21.3 Å². The zero-order chi connectivity index (χ0) is 54.6. The molecule has 6 heterocycles. The molecule has 0 bridgehead atoms. The number of aromatic nitrogens is 3. The average Bonchev–Trinajstić information content (AvgIpc) is 2.42. The summed E-state index contributed by atoms with van der Waals surface area (Å²) < 4.78 is 9.78. The maximum atomic E-state index is 10.3. The van der Waals surface area contributed by atoms with Crippen molar-refractivity contribution in [1.29, 1.82) is 10.5 Å². The summed E-state index contributed by atoms with van der Waals surface area (Å²) in [6.45, 7) is -0.176. The molecule has 0 aliphatic carbocycles. The Hall–Kier alpha value is -10.5. The van der Waals surface area contributed by atoms with E-state index < -0.39 is 0 Å². The topological polar surface area (TPSA) is 65.6 Å². The lowest BCUT2D eigenvalue weighted by Crippen LogP contribution is -2.60. The molecular weight excluding hydrogens is 1050 g/mol. The van der Waals surface area contributed by atoms with Gasteiger partial charge in [-0.25, -0.2) is 0 Å². The summed E-state index contributed by atoms with van der Waals surface area (Å²) in [4.78, 5) is 5.01. The van der Waals surface area contributed by atoms with Gasteiger partial charge >= 0.3 is 0 Å². The Morgan fingerprint density at radius 1 is 0.361 bits per heavy atom. The highest BCUT2D eigenvalue weighted by Gasteiger charge is 2.44. The van der Waals surface area contributed by atoms with Gasteiger partial charge in [-0.15, -0.1) is 11.3 Å². The first-order valence-corrected chi connectivity index (χ1v) is 29.5. The maximum Gasteiger partial charge on any atom is 0.251 e. The predicted octanol–water partition coefficient (Wildman–Crippen LogP) is 17.5. The van der Waals surface area contributed by atoms with Gasteiger partial charge in [-0.1, -0.05) is 163 Å². The standard InChI is InChI=1S/C74H41BN6S2/c76-42-44-30-34-63-55(36-44)52-21-7-13-27-61(52)78(63)47-32-33-57-69(39-47)82-70-40-48(79-59-25-11-5-19-50(59)51-20-6-12-26-60(51)79)38-66-72(70)75(57)73-67(81(66)58-24-10-4-18-49(58)46-16-2-1-3-17-46)41-65(71-54-23-9-15-29-68(54)83-74(71)73)80-62-28-14-8-22-53(62)56-37-45(43-77)31-35-64(56)80/h1-41H. The van der Waals surface area contributed by atoms with Crippen molar-refractivity contribution in [3.8, 4) is 40.3 Å². The molecule has 0 N–H and O–H groups in total. The molecule has 0 saturated carbocycles. The molecule has 2 aliphatic rings. The van der Waals surface area contributed by atoms with Crippen LogP contribution in [0.15, 0.2) is 259 Å². The summed E-state index contributed by atoms with van der Waals surface area (Å²) in [5.74, 6) is 0. The third kappa shape index (κ3) is 6.49. The van der Waals surface area contributed by atoms with E-state index >= 15 is 0 Å². The molecule has 0 atom stereocenters. The van der Waals surface area contributed by atoms with Crippen molar-refractivity contribution in [2.24, 2.45) is 0 Å². The number of para-hydroxylation sites is 5. The SMILES string of the molecule is N#Cc1ccc2c(c1)c1ccccc1n2-c1ccc2c(c1)Sc1cc(-n3c4ccccc4c4ccccc43)cc3c1B2c1c(cc(-n2c4ccccc4c4cc(C#N)ccc42)c2c1sc1ccccc12)N3c1ccccc1-c1ccccc1. The van der Waals surface area contributed by atoms with Crippen molar-refractivity contribution < 1.29 is 0 Å². The largest absolute Gasteiger partial charge is 0.311 e. The molecule has 6 nitrogen and oxygen atoms in total. The molecule has 9 heteroatoms. The number of benzene rings is 12. The Morgan fingerprint density at radius 2 is 0.880 bits per heavy atom. The van der Waals surface area contributed by atoms with Crippen LogP contribution in [-0.2, 0) is 0 Å². The van der Waals surface area contributed by atoms with Crippen LogP contribution in [0.4, 0.5) is 17.1 Å². The predicted molar refractivity (Wildman–Crippen MR) is 347 cm³/mol. The van der Waals surface area contributed by atoms with Gasteiger partial charge in [0.05, 0.1) is 67.7 Å². The first-order valence-electron chi connectivity index (χ1n) is 27.9. The lowest BCUT2D eigenvalue weighted by Gasteiger charge is -2.42. The smallest absolute Gasteiger partial charge is 0.251 e. The van der Waals surface area contributed by atoms with Crippen LogP contribution in [0.2, 0.25) is 0 Å². The van der Waals surface area contributed by atoms with Gasteiger partial charge < -0.3 is 18.6 Å². The van der Waals surface area contributed by atoms with Crippen molar-refractivity contribution in [2.45, 2.75) is 9.79 Å². The second-order valence-corrected chi connectivity index (χ2v) is 23.9. The van der Waals surface area contributed by atoms with Crippen LogP contribution in [0.25, 0.3) is 114 Å². The molecule has 16 aromatic rings. The van der Waals surface area contributed by atoms with E-state index in [1.165, 1.54) is 57.1 Å². The van der Waals surface area contributed by atoms with E-state index in [2.05, 4.69) is 261 Å². The summed E-state index contributed by atoms with van der Waals surface area (Å²) in [7, 11) is 0. The fraction of sp³-hybridized carbons (Fsp3) is 0. The van der Waals surface area contributed by atoms with Crippen molar-refractivity contribution in [3.63, 3.8) is 0 Å². The lowest BCUT2D eigenvalue weighted by molar-refractivity contribution is 1.15. The number of fused-ring (bicyclic) bond motifs is 17. The van der Waals surface area contributed by atoms with Gasteiger partial charge in [-0.3, -0.25) is 0 Å². The van der Waals surface area contributed by atoms with Gasteiger partial charge in [-0.2, -0.15) is 10.5 Å². The van der Waals surface area contributed by atoms with E-state index in [0.29, 0.717) is 11.1 Å². The highest BCUT2D eigenvalue weighted by Crippen LogP contribution is 2.51. The van der Waals surface area contributed by atoms with Crippen LogP contribution in [-0.4, -0.2) is 20.4 Å². The zero-order valence-corrected chi connectivity index (χ0v) is 45.9. The lowest BCUT2D eigenvalue weighted by atomic mass is 9.34. The molecule has 0 unspecified atom stereocenters. The van der Waals surface area contributed by atoms with Crippen molar-refractivity contribution in [2.75, 3.05) is 4.90 Å². The molecule has 0 amide bonds. The van der Waals surface area contributed by atoms with Crippen LogP contribution in [0.3, 0.4) is 0 Å². The number of rotatable bonds is 5. The highest BCUT2D eigenvalue weighted by atomic mass is 32.2. The van der Waals surface area contributed by atoms with Crippen LogP contribution in [0, 0.1) is 22.7 Å². The Labute approximate surface area is 484 Å². The van der Waals surface area contributed by atoms with Crippen molar-refractivity contribution in [3.05, 3.63) is 260 Å². The summed E-state index contributed by atoms with van der Waals surface area (Å²) in [6.07, 6.45) is 0. The maximum absolute atomic E-state index is 10.3. The van der Waals surface area contributed by atoms with Gasteiger partial charge in [0.1, 0.15) is 0 Å². The van der Waals surface area contributed by atoms with E-state index in [-0.39, 0.29) is 6.71 Å². The molecule has 2 aliphatic heterocycles. The van der Waals surface area contributed by atoms with Gasteiger partial charge in [-0.05, 0) is 120 Å². The number of hydrogen-bond acceptors (Lipinski definition) is 5. The first-order chi connectivity index (χ1) is 41.1. The van der Waals surface area contributed by atoms with Gasteiger partial charge in [0.15, 0.2) is 0 Å². The molecule has 83 heavy (non-hydrogen) atoms. The zero-order valence-electron chi connectivity index (χ0n) is 44.2. The summed E-state index contributed by atoms with van der Waals surface area (Å²) in [5.41, 5.74) is 20.5. The van der Waals surface area contributed by atoms with Crippen LogP contribution in [0.5, 0.6) is 0 Å². The third-order valence-corrected chi connectivity index (χ3v) is 19.8. The van der Waals surface area contributed by atoms with Crippen LogP contribution >= 0.6 is 23.1 Å². The molecule has 382 valence electrons. The molecule has 18 rings (SSSR count). The molecule has 0 saturated heterocycles. The minimum absolute atomic E-state index is 0.176. The highest BCUT2D eigenvalue weighted by molar-refractivity contribution is 8.00. The minimum Gasteiger partial charge on any atom is -0.311 e. The van der Waals surface area contributed by atoms with Crippen molar-refractivity contribution in [1.82, 2.24) is 13.7 Å². The second-order valence-electron chi connectivity index (χ2n) is 21.7. The monoisotopic (exact) mass is 1090 g/mol. The summed E-state index contributed by atoms with van der Waals surface area (Å²) in [5, 5.41) is 29.5. The Bertz CT molecular complexity index is 5560. The van der Waals surface area contributed by atoms with E-state index in [1.807, 2.05) is 41.3 Å². The number of hydrogen-bond donors (Lipinski definition) is 0. The Kier molecular flexibility index (Phi) is 9.74. The number of anilines is 3. The Balaban J connectivity index is 1.00. The fourth-order valence-corrected chi connectivity index (χ4v) is 16.6. The van der Waals surface area contributed by atoms with Gasteiger partial charge in [0, 0.05) is 90.6 Å². The van der Waals surface area contributed by atoms with E-state index in [4.69, 9.17) is 0 Å². The minimum atomic E-state index is -0.176. The third-order valence-electron chi connectivity index (χ3n) is 17.5. The van der Waals surface area contributed by atoms with Crippen LogP contribution in [0.1, 0.15) is 11.1 Å². The van der Waals surface area contributed by atoms with Crippen molar-refractivity contribution >= 4 is 149 Å². The van der Waals surface area contributed by atoms with E-state index in [1.54, 1.807) is 0 Å². The summed E-state index contributed by atoms with van der Waals surface area (Å²) >= 11 is 3.76. The molecule has 12 aromatic carbocycles. The normalized spacial score (nSPS) is 12.7. The first kappa shape index (κ1) is 46.2. The summed E-state index contributed by atoms with van der Waals surface area (Å²) in [6, 6.07) is 95.2. The molecule has 4 aromatic heterocycles. The van der Waals surface area contributed by atoms with E-state index in [9.17, 15) is 10.5 Å². The molecule has 0 fully saturated rings. The van der Waals surface area contributed by atoms with Gasteiger partial charge in [0.25, 0.3) is 6.71 Å². The number of nitriles is 2. The Morgan fingerprint density at radius 3 is 1.54 bits per heavy atom. The second kappa shape index (κ2) is 17.5. The molecule has 0 radical (unpaired) electrons. The average molecular weight is 1090 g/mol. The molecule has 0 spiro atoms. The molecular formula is C74H41BN6S2. The fourth-order valence-electron chi connectivity index (χ4n) is 14.1. The van der Waals surface area contributed by atoms with E-state index in [0.717, 1.165) is 99.9 Å².